The molecule has 0 saturated carbocycles. The Hall–Kier alpha value is -0.160. The highest BCUT2D eigenvalue weighted by Gasteiger charge is 2.23. The van der Waals surface area contributed by atoms with Crippen molar-refractivity contribution < 1.29 is 5.11 Å². The lowest BCUT2D eigenvalue weighted by atomic mass is 9.96. The molecule has 1 aliphatic heterocycles. The maximum absolute atomic E-state index is 9.82. The second-order valence-electron chi connectivity index (χ2n) is 4.75. The van der Waals surface area contributed by atoms with E-state index in [0.717, 1.165) is 43.2 Å². The number of alkyl halides is 1. The van der Waals surface area contributed by atoms with Gasteiger partial charge in [-0.2, -0.15) is 0 Å². The predicted molar refractivity (Wildman–Crippen MR) is 71.6 cm³/mol. The van der Waals surface area contributed by atoms with Crippen LogP contribution in [0.15, 0.2) is 5.38 Å². The molecular weight excluding hydrogens is 256 g/mol. The van der Waals surface area contributed by atoms with Gasteiger partial charge in [0.05, 0.1) is 22.7 Å². The number of piperidine rings is 1. The van der Waals surface area contributed by atoms with Crippen LogP contribution in [0.1, 0.15) is 24.0 Å². The van der Waals surface area contributed by atoms with E-state index in [1.165, 1.54) is 0 Å². The van der Waals surface area contributed by atoms with Crippen molar-refractivity contribution in [2.75, 3.05) is 19.6 Å². The molecule has 96 valence electrons. The fraction of sp³-hybridized carbons (Fsp3) is 0.750. The Kier molecular flexibility index (Phi) is 4.79. The fourth-order valence-corrected chi connectivity index (χ4v) is 3.11. The number of rotatable bonds is 4. The minimum absolute atomic E-state index is 0.168. The Bertz CT molecular complexity index is 358. The molecule has 1 N–H and O–H groups in total. The molecule has 1 aromatic heterocycles. The van der Waals surface area contributed by atoms with E-state index in [2.05, 4.69) is 16.8 Å². The van der Waals surface area contributed by atoms with Crippen LogP contribution in [0.25, 0.3) is 0 Å². The van der Waals surface area contributed by atoms with Crippen molar-refractivity contribution in [1.29, 1.82) is 0 Å². The molecule has 1 saturated heterocycles. The molecule has 5 heteroatoms. The SMILES string of the molecule is CC1CCN(CCc2nc(CCl)cs2)CC1O. The first kappa shape index (κ1) is 13.3. The number of halogens is 1. The van der Waals surface area contributed by atoms with E-state index in [-0.39, 0.29) is 6.10 Å². The summed E-state index contributed by atoms with van der Waals surface area (Å²) in [6, 6.07) is 0. The number of aliphatic hydroxyl groups is 1. The molecule has 2 atom stereocenters. The van der Waals surface area contributed by atoms with Crippen molar-refractivity contribution in [2.45, 2.75) is 31.7 Å². The van der Waals surface area contributed by atoms with E-state index in [9.17, 15) is 5.11 Å². The number of β-amino-alcohol motifs (C(OH)–C–C–N with tert-alkyl or cyclic N) is 1. The zero-order valence-corrected chi connectivity index (χ0v) is 11.7. The molecule has 17 heavy (non-hydrogen) atoms. The van der Waals surface area contributed by atoms with Gasteiger partial charge in [0.1, 0.15) is 0 Å². The Morgan fingerprint density at radius 1 is 1.65 bits per heavy atom. The second kappa shape index (κ2) is 6.14. The Labute approximate surface area is 111 Å². The average molecular weight is 275 g/mol. The molecular formula is C12H19ClN2OS. The molecule has 3 nitrogen and oxygen atoms in total. The number of nitrogens with zero attached hydrogens (tertiary/aromatic N) is 2. The quantitative estimate of drug-likeness (QED) is 0.855. The van der Waals surface area contributed by atoms with Gasteiger partial charge < -0.3 is 10.0 Å². The van der Waals surface area contributed by atoms with Gasteiger partial charge in [0, 0.05) is 24.9 Å². The van der Waals surface area contributed by atoms with Gasteiger partial charge in [0.2, 0.25) is 0 Å². The van der Waals surface area contributed by atoms with Crippen molar-refractivity contribution in [3.63, 3.8) is 0 Å². The van der Waals surface area contributed by atoms with Crippen LogP contribution in [0.3, 0.4) is 0 Å². The van der Waals surface area contributed by atoms with Crippen LogP contribution in [-0.4, -0.2) is 40.7 Å². The van der Waals surface area contributed by atoms with E-state index in [4.69, 9.17) is 11.6 Å². The third kappa shape index (κ3) is 3.65. The van der Waals surface area contributed by atoms with Crippen molar-refractivity contribution in [1.82, 2.24) is 9.88 Å². The normalized spacial score (nSPS) is 26.3. The Morgan fingerprint density at radius 3 is 3.12 bits per heavy atom. The largest absolute Gasteiger partial charge is 0.392 e. The smallest absolute Gasteiger partial charge is 0.0941 e. The minimum atomic E-state index is -0.168. The summed E-state index contributed by atoms with van der Waals surface area (Å²) >= 11 is 7.40. The van der Waals surface area contributed by atoms with Gasteiger partial charge in [-0.3, -0.25) is 0 Å². The van der Waals surface area contributed by atoms with Crippen LogP contribution < -0.4 is 0 Å². The summed E-state index contributed by atoms with van der Waals surface area (Å²) in [5, 5.41) is 13.0. The molecule has 2 unspecified atom stereocenters. The van der Waals surface area contributed by atoms with E-state index >= 15 is 0 Å². The van der Waals surface area contributed by atoms with Crippen molar-refractivity contribution >= 4 is 22.9 Å². The molecule has 0 aromatic carbocycles. The number of hydrogen-bond donors (Lipinski definition) is 1. The molecule has 1 aliphatic rings. The topological polar surface area (TPSA) is 36.4 Å². The summed E-state index contributed by atoms with van der Waals surface area (Å²) < 4.78 is 0. The highest BCUT2D eigenvalue weighted by Crippen LogP contribution is 2.18. The van der Waals surface area contributed by atoms with E-state index in [1.54, 1.807) is 11.3 Å². The maximum atomic E-state index is 9.82. The highest BCUT2D eigenvalue weighted by molar-refractivity contribution is 7.09. The van der Waals surface area contributed by atoms with E-state index in [1.807, 2.05) is 5.38 Å². The minimum Gasteiger partial charge on any atom is -0.392 e. The van der Waals surface area contributed by atoms with Gasteiger partial charge >= 0.3 is 0 Å². The van der Waals surface area contributed by atoms with Crippen LogP contribution in [0, 0.1) is 5.92 Å². The van der Waals surface area contributed by atoms with Crippen LogP contribution in [-0.2, 0) is 12.3 Å². The molecule has 1 fully saturated rings. The lowest BCUT2D eigenvalue weighted by Gasteiger charge is -2.34. The standard InChI is InChI=1S/C12H19ClN2OS/c1-9-2-4-15(7-11(9)16)5-3-12-14-10(6-13)8-17-12/h8-9,11,16H,2-7H2,1H3. The zero-order valence-electron chi connectivity index (χ0n) is 10.1. The van der Waals surface area contributed by atoms with E-state index < -0.39 is 0 Å². The summed E-state index contributed by atoms with van der Waals surface area (Å²) in [6.45, 7) is 5.00. The van der Waals surface area contributed by atoms with Gasteiger partial charge in [-0.1, -0.05) is 6.92 Å². The second-order valence-corrected chi connectivity index (χ2v) is 5.96. The Balaban J connectivity index is 1.78. The van der Waals surface area contributed by atoms with Crippen LogP contribution in [0.4, 0.5) is 0 Å². The van der Waals surface area contributed by atoms with Crippen molar-refractivity contribution in [3.05, 3.63) is 16.1 Å². The lowest BCUT2D eigenvalue weighted by molar-refractivity contribution is 0.0298. The van der Waals surface area contributed by atoms with Gasteiger partial charge in [0.15, 0.2) is 0 Å². The fourth-order valence-electron chi connectivity index (χ4n) is 2.10. The molecule has 0 bridgehead atoms. The molecule has 1 aromatic rings. The summed E-state index contributed by atoms with van der Waals surface area (Å²) in [5.74, 6) is 0.935. The number of hydrogen-bond acceptors (Lipinski definition) is 4. The summed E-state index contributed by atoms with van der Waals surface area (Å²) in [7, 11) is 0. The molecule has 0 spiro atoms. The van der Waals surface area contributed by atoms with E-state index in [0.29, 0.717) is 11.8 Å². The van der Waals surface area contributed by atoms with Gasteiger partial charge in [-0.15, -0.1) is 22.9 Å². The number of aromatic nitrogens is 1. The molecule has 2 rings (SSSR count). The maximum Gasteiger partial charge on any atom is 0.0941 e. The van der Waals surface area contributed by atoms with Crippen LogP contribution >= 0.6 is 22.9 Å². The molecule has 0 aliphatic carbocycles. The number of thiazole rings is 1. The first-order chi connectivity index (χ1) is 8.19. The summed E-state index contributed by atoms with van der Waals surface area (Å²) in [4.78, 5) is 6.77. The average Bonchev–Trinajstić information content (AvgIpc) is 2.79. The highest BCUT2D eigenvalue weighted by atomic mass is 35.5. The van der Waals surface area contributed by atoms with Gasteiger partial charge in [0.25, 0.3) is 0 Å². The molecule has 2 heterocycles. The van der Waals surface area contributed by atoms with Crippen molar-refractivity contribution in [3.8, 4) is 0 Å². The predicted octanol–water partition coefficient (Wildman–Crippen LogP) is 2.13. The van der Waals surface area contributed by atoms with Crippen LogP contribution in [0.2, 0.25) is 0 Å². The number of aliphatic hydroxyl groups excluding tert-OH is 1. The van der Waals surface area contributed by atoms with Crippen LogP contribution in [0.5, 0.6) is 0 Å². The van der Waals surface area contributed by atoms with Gasteiger partial charge in [-0.05, 0) is 18.9 Å². The summed E-state index contributed by atoms with van der Waals surface area (Å²) in [5.41, 5.74) is 0.971. The third-order valence-corrected chi connectivity index (χ3v) is 4.61. The van der Waals surface area contributed by atoms with Crippen molar-refractivity contribution in [2.24, 2.45) is 5.92 Å². The zero-order chi connectivity index (χ0) is 12.3. The lowest BCUT2D eigenvalue weighted by Crippen LogP contribution is -2.43. The summed E-state index contributed by atoms with van der Waals surface area (Å²) in [6.07, 6.45) is 1.88. The first-order valence-electron chi connectivity index (χ1n) is 6.08. The molecule has 0 amide bonds. The molecule has 0 radical (unpaired) electrons. The van der Waals surface area contributed by atoms with Gasteiger partial charge in [-0.25, -0.2) is 4.98 Å². The third-order valence-electron chi connectivity index (χ3n) is 3.38. The number of likely N-dealkylation sites (tertiary alicyclic amines) is 1. The monoisotopic (exact) mass is 274 g/mol. The first-order valence-corrected chi connectivity index (χ1v) is 7.50. The Morgan fingerprint density at radius 2 is 2.47 bits per heavy atom.